The number of fused-ring (bicyclic) bond motifs is 2. The third-order valence-corrected chi connectivity index (χ3v) is 8.48. The molecule has 42 heavy (non-hydrogen) atoms. The van der Waals surface area contributed by atoms with Crippen molar-refractivity contribution in [1.29, 1.82) is 0 Å². The average Bonchev–Trinajstić information content (AvgIpc) is 3.55. The molecule has 4 atom stereocenters. The number of hydrogen-bond donors (Lipinski definition) is 3. The van der Waals surface area contributed by atoms with Gasteiger partial charge in [0.15, 0.2) is 30.7 Å². The second kappa shape index (κ2) is 10.7. The van der Waals surface area contributed by atoms with E-state index in [-0.39, 0.29) is 23.9 Å². The molecule has 1 aliphatic carbocycles. The van der Waals surface area contributed by atoms with Crippen LogP contribution in [0.3, 0.4) is 0 Å². The maximum Gasteiger partial charge on any atom is 0.316 e. The molecule has 7 rings (SSSR count). The highest BCUT2D eigenvalue weighted by Crippen LogP contribution is 2.44. The Morgan fingerprint density at radius 3 is 2.71 bits per heavy atom. The first-order valence-electron chi connectivity index (χ1n) is 13.4. The minimum absolute atomic E-state index is 0.0899. The van der Waals surface area contributed by atoms with Gasteiger partial charge in [-0.3, -0.25) is 13.9 Å². The number of aliphatic hydroxyl groups is 2. The van der Waals surface area contributed by atoms with Crippen LogP contribution in [0.1, 0.15) is 30.6 Å². The number of hydrogen-bond acceptors (Lipinski definition) is 12. The number of aromatic nitrogens is 7. The summed E-state index contributed by atoms with van der Waals surface area (Å²) in [6, 6.07) is 12.3. The molecule has 5 aromatic rings. The number of imidazole rings is 1. The van der Waals surface area contributed by atoms with E-state index in [0.29, 0.717) is 22.2 Å². The van der Waals surface area contributed by atoms with Crippen LogP contribution >= 0.6 is 11.8 Å². The maximum atomic E-state index is 12.7. The first kappa shape index (κ1) is 26.8. The molecule has 2 fully saturated rings. The Morgan fingerprint density at radius 2 is 1.90 bits per heavy atom. The normalized spacial score (nSPS) is 22.2. The van der Waals surface area contributed by atoms with Crippen LogP contribution in [0.4, 0.5) is 5.82 Å². The Bertz CT molecular complexity index is 1810. The van der Waals surface area contributed by atoms with Crippen molar-refractivity contribution in [2.75, 3.05) is 18.1 Å². The Labute approximate surface area is 244 Å². The van der Waals surface area contributed by atoms with Crippen molar-refractivity contribution >= 4 is 59.1 Å². The Kier molecular flexibility index (Phi) is 6.81. The van der Waals surface area contributed by atoms with Crippen molar-refractivity contribution in [3.63, 3.8) is 0 Å². The van der Waals surface area contributed by atoms with Crippen LogP contribution < -0.4 is 11.5 Å². The standard InChI is InChI=1S/C27H25BN8O5S/c28-26-33-34-27(36(26)17-8-7-14(13-5-6-13)15-3-1-2-4-16(15)17)42-10-19(37)40-9-18-21(38)22(39)25(41-18)35-12-32-20-23(29)30-11-31-24(20)35/h1-4,7-8,11-13,18,21-22,25,38-39H,5-6,9-10H2,(H2,29,30,31)/t18-,21?,22?,25-/m1/s1. The number of esters is 1. The van der Waals surface area contributed by atoms with Gasteiger partial charge in [0.1, 0.15) is 36.8 Å². The second-order valence-corrected chi connectivity index (χ2v) is 11.2. The van der Waals surface area contributed by atoms with Crippen LogP contribution in [0.5, 0.6) is 0 Å². The lowest BCUT2D eigenvalue weighted by molar-refractivity contribution is -0.146. The third kappa shape index (κ3) is 4.67. The van der Waals surface area contributed by atoms with Gasteiger partial charge in [-0.15, -0.1) is 10.2 Å². The van der Waals surface area contributed by atoms with E-state index in [1.807, 2.05) is 24.3 Å². The number of carbonyl (C=O) groups is 1. The van der Waals surface area contributed by atoms with E-state index in [1.165, 1.54) is 35.6 Å². The minimum Gasteiger partial charge on any atom is -0.462 e. The van der Waals surface area contributed by atoms with E-state index >= 15 is 0 Å². The summed E-state index contributed by atoms with van der Waals surface area (Å²) in [5, 5.41) is 32.1. The third-order valence-electron chi connectivity index (χ3n) is 7.58. The summed E-state index contributed by atoms with van der Waals surface area (Å²) in [7, 11) is 6.22. The molecule has 212 valence electrons. The van der Waals surface area contributed by atoms with Crippen molar-refractivity contribution in [2.24, 2.45) is 0 Å². The number of nitrogens with zero attached hydrogens (tertiary/aromatic N) is 7. The molecule has 1 aliphatic heterocycles. The Hall–Kier alpha value is -4.05. The fraction of sp³-hybridized carbons (Fsp3) is 0.333. The number of benzene rings is 2. The zero-order valence-electron chi connectivity index (χ0n) is 22.1. The summed E-state index contributed by atoms with van der Waals surface area (Å²) in [6.07, 6.45) is 0.409. The number of rotatable bonds is 8. The zero-order chi connectivity index (χ0) is 29.0. The summed E-state index contributed by atoms with van der Waals surface area (Å²) >= 11 is 1.13. The van der Waals surface area contributed by atoms with Gasteiger partial charge >= 0.3 is 5.97 Å². The lowest BCUT2D eigenvalue weighted by Gasteiger charge is -2.16. The molecule has 0 bridgehead atoms. The molecule has 2 aromatic carbocycles. The molecule has 0 spiro atoms. The van der Waals surface area contributed by atoms with Crippen LogP contribution in [0.15, 0.2) is 54.2 Å². The van der Waals surface area contributed by atoms with Crippen LogP contribution in [0.2, 0.25) is 0 Å². The van der Waals surface area contributed by atoms with Crippen LogP contribution in [0.25, 0.3) is 27.6 Å². The van der Waals surface area contributed by atoms with Crippen LogP contribution in [-0.2, 0) is 14.3 Å². The van der Waals surface area contributed by atoms with Gasteiger partial charge in [-0.1, -0.05) is 42.1 Å². The molecule has 4 heterocycles. The number of anilines is 1. The van der Waals surface area contributed by atoms with Gasteiger partial charge in [0, 0.05) is 5.39 Å². The van der Waals surface area contributed by atoms with Gasteiger partial charge in [0.2, 0.25) is 0 Å². The number of carbonyl (C=O) groups excluding carboxylic acids is 1. The summed E-state index contributed by atoms with van der Waals surface area (Å²) in [6.45, 7) is -0.278. The van der Waals surface area contributed by atoms with Crippen LogP contribution in [0, 0.1) is 0 Å². The molecular formula is C27H25BN8O5S. The number of aliphatic hydroxyl groups excluding tert-OH is 2. The molecule has 4 N–H and O–H groups in total. The summed E-state index contributed by atoms with van der Waals surface area (Å²) < 4.78 is 14.4. The summed E-state index contributed by atoms with van der Waals surface area (Å²) in [5.41, 5.74) is 8.88. The molecule has 2 radical (unpaired) electrons. The summed E-state index contributed by atoms with van der Waals surface area (Å²) in [4.78, 5) is 24.9. The van der Waals surface area contributed by atoms with Crippen molar-refractivity contribution < 1.29 is 24.5 Å². The number of ether oxygens (including phenoxy) is 2. The molecule has 15 heteroatoms. The Morgan fingerprint density at radius 1 is 1.10 bits per heavy atom. The molecular weight excluding hydrogens is 559 g/mol. The number of nitrogen functional groups attached to an aromatic ring is 1. The van der Waals surface area contributed by atoms with Gasteiger partial charge in [0.25, 0.3) is 0 Å². The van der Waals surface area contributed by atoms with Crippen LogP contribution in [-0.4, -0.2) is 89.0 Å². The average molecular weight is 584 g/mol. The maximum absolute atomic E-state index is 12.7. The van der Waals surface area contributed by atoms with Gasteiger partial charge in [-0.05, 0) is 35.8 Å². The first-order valence-corrected chi connectivity index (χ1v) is 14.3. The van der Waals surface area contributed by atoms with E-state index in [4.69, 9.17) is 23.1 Å². The Balaban J connectivity index is 1.02. The van der Waals surface area contributed by atoms with E-state index in [9.17, 15) is 15.0 Å². The monoisotopic (exact) mass is 584 g/mol. The predicted molar refractivity (Wildman–Crippen MR) is 154 cm³/mol. The largest absolute Gasteiger partial charge is 0.462 e. The molecule has 0 amide bonds. The summed E-state index contributed by atoms with van der Waals surface area (Å²) in [5.74, 6) is 0.102. The van der Waals surface area contributed by atoms with Gasteiger partial charge in [0.05, 0.1) is 23.5 Å². The SMILES string of the molecule is [B]c1nnc(SCC(=O)OC[C@H]2O[C@@H](n3cnc4c(N)ncnc43)C(O)C2O)n1-c1ccc(C2CC2)c2ccccc12. The fourth-order valence-electron chi connectivity index (χ4n) is 5.35. The smallest absolute Gasteiger partial charge is 0.316 e. The molecule has 13 nitrogen and oxygen atoms in total. The molecule has 2 unspecified atom stereocenters. The van der Waals surface area contributed by atoms with Crippen molar-refractivity contribution in [3.05, 3.63) is 54.6 Å². The van der Waals surface area contributed by atoms with E-state index < -0.39 is 30.5 Å². The highest BCUT2D eigenvalue weighted by atomic mass is 32.2. The van der Waals surface area contributed by atoms with Gasteiger partial charge in [-0.2, -0.15) is 0 Å². The highest BCUT2D eigenvalue weighted by Gasteiger charge is 2.45. The lowest BCUT2D eigenvalue weighted by atomic mass is 9.99. The topological polar surface area (TPSA) is 176 Å². The predicted octanol–water partition coefficient (Wildman–Crippen LogP) is 0.768. The van der Waals surface area contributed by atoms with E-state index in [1.54, 1.807) is 4.57 Å². The second-order valence-electron chi connectivity index (χ2n) is 10.3. The van der Waals surface area contributed by atoms with Gasteiger partial charge in [-0.25, -0.2) is 15.0 Å². The number of nitrogens with two attached hydrogens (primary N) is 1. The van der Waals surface area contributed by atoms with Crippen molar-refractivity contribution in [3.8, 4) is 5.69 Å². The van der Waals surface area contributed by atoms with Crippen molar-refractivity contribution in [2.45, 2.75) is 48.5 Å². The molecule has 1 saturated heterocycles. The van der Waals surface area contributed by atoms with E-state index in [2.05, 4.69) is 37.3 Å². The molecule has 3 aromatic heterocycles. The fourth-order valence-corrected chi connectivity index (χ4v) is 6.10. The lowest BCUT2D eigenvalue weighted by Crippen LogP contribution is -2.34. The first-order chi connectivity index (χ1) is 20.4. The van der Waals surface area contributed by atoms with E-state index in [0.717, 1.165) is 28.2 Å². The number of thioether (sulfide) groups is 1. The zero-order valence-corrected chi connectivity index (χ0v) is 23.0. The molecule has 1 saturated carbocycles. The quantitative estimate of drug-likeness (QED) is 0.133. The van der Waals surface area contributed by atoms with Gasteiger partial charge < -0.3 is 25.4 Å². The minimum atomic E-state index is -1.32. The van der Waals surface area contributed by atoms with Crippen molar-refractivity contribution in [1.82, 2.24) is 34.3 Å². The highest BCUT2D eigenvalue weighted by molar-refractivity contribution is 7.99. The molecule has 2 aliphatic rings.